The molecule has 2 aliphatic heterocycles. The van der Waals surface area contributed by atoms with Crippen LogP contribution >= 0.6 is 27.7 Å². The predicted molar refractivity (Wildman–Crippen MR) is 128 cm³/mol. The summed E-state index contributed by atoms with van der Waals surface area (Å²) in [6.45, 7) is 6.34. The van der Waals surface area contributed by atoms with Crippen LogP contribution < -0.4 is 4.90 Å². The maximum absolute atomic E-state index is 15.0. The van der Waals surface area contributed by atoms with E-state index in [0.717, 1.165) is 38.6 Å². The second kappa shape index (κ2) is 7.95. The van der Waals surface area contributed by atoms with E-state index in [1.807, 2.05) is 43.1 Å². The minimum atomic E-state index is -0.421. The van der Waals surface area contributed by atoms with Gasteiger partial charge in [0.25, 0.3) is 11.1 Å². The van der Waals surface area contributed by atoms with Crippen molar-refractivity contribution in [1.82, 2.24) is 4.90 Å². The molecule has 0 N–H and O–H groups in total. The molecule has 0 spiro atoms. The van der Waals surface area contributed by atoms with E-state index >= 15 is 0 Å². The molecule has 0 aliphatic carbocycles. The Morgan fingerprint density at radius 2 is 1.84 bits per heavy atom. The summed E-state index contributed by atoms with van der Waals surface area (Å²) in [6.07, 6.45) is 3.62. The Morgan fingerprint density at radius 1 is 1.16 bits per heavy atom. The molecule has 31 heavy (non-hydrogen) atoms. The first-order chi connectivity index (χ1) is 14.6. The first kappa shape index (κ1) is 21.8. The van der Waals surface area contributed by atoms with Crippen LogP contribution in [0.25, 0.3) is 11.6 Å². The Labute approximate surface area is 193 Å². The third-order valence-corrected chi connectivity index (χ3v) is 7.19. The summed E-state index contributed by atoms with van der Waals surface area (Å²) in [5.41, 5.74) is 3.70. The number of carbonyl (C=O) groups excluding carboxylic acids is 2. The molecule has 7 heteroatoms. The molecule has 4 rings (SSSR count). The molecule has 1 fully saturated rings. The number of carbonyl (C=O) groups is 2. The molecule has 2 aliphatic rings. The van der Waals surface area contributed by atoms with Crippen LogP contribution in [0.3, 0.4) is 0 Å². The van der Waals surface area contributed by atoms with Gasteiger partial charge < -0.3 is 4.90 Å². The normalized spacial score (nSPS) is 19.2. The van der Waals surface area contributed by atoms with Crippen molar-refractivity contribution in [2.75, 3.05) is 11.9 Å². The molecule has 1 saturated heterocycles. The maximum atomic E-state index is 15.0. The second-order valence-electron chi connectivity index (χ2n) is 8.33. The van der Waals surface area contributed by atoms with Gasteiger partial charge in [-0.2, -0.15) is 0 Å². The van der Waals surface area contributed by atoms with Crippen LogP contribution in [-0.4, -0.2) is 28.6 Å². The van der Waals surface area contributed by atoms with Gasteiger partial charge in [-0.1, -0.05) is 34.1 Å². The minimum Gasteiger partial charge on any atom is -0.365 e. The van der Waals surface area contributed by atoms with Gasteiger partial charge in [0.2, 0.25) is 0 Å². The van der Waals surface area contributed by atoms with Crippen molar-refractivity contribution in [3.63, 3.8) is 0 Å². The average Bonchev–Trinajstić information content (AvgIpc) is 2.96. The van der Waals surface area contributed by atoms with Crippen LogP contribution in [-0.2, 0) is 11.3 Å². The summed E-state index contributed by atoms with van der Waals surface area (Å²) < 4.78 is 15.9. The monoisotopic (exact) mass is 500 g/mol. The van der Waals surface area contributed by atoms with Crippen LogP contribution in [0.1, 0.15) is 37.5 Å². The van der Waals surface area contributed by atoms with E-state index in [9.17, 15) is 14.0 Å². The van der Waals surface area contributed by atoms with Gasteiger partial charge in [0, 0.05) is 28.3 Å². The predicted octanol–water partition coefficient (Wildman–Crippen LogP) is 6.46. The number of halogens is 2. The summed E-state index contributed by atoms with van der Waals surface area (Å²) in [5, 5.41) is -0.352. The molecule has 2 heterocycles. The zero-order valence-electron chi connectivity index (χ0n) is 17.7. The highest BCUT2D eigenvalue weighted by Gasteiger charge is 2.35. The lowest BCUT2D eigenvalue weighted by molar-refractivity contribution is -0.123. The quantitative estimate of drug-likeness (QED) is 0.453. The third-order valence-electron chi connectivity index (χ3n) is 5.75. The van der Waals surface area contributed by atoms with Crippen molar-refractivity contribution in [3.05, 3.63) is 74.4 Å². The highest BCUT2D eigenvalue weighted by Crippen LogP contribution is 2.40. The number of imide groups is 1. The number of rotatable bonds is 3. The van der Waals surface area contributed by atoms with Gasteiger partial charge in [-0.25, -0.2) is 4.39 Å². The van der Waals surface area contributed by atoms with Crippen LogP contribution in [0.2, 0.25) is 0 Å². The first-order valence-electron chi connectivity index (χ1n) is 9.84. The minimum absolute atomic E-state index is 0.184. The summed E-state index contributed by atoms with van der Waals surface area (Å²) in [5.74, 6) is -0.823. The zero-order chi connectivity index (χ0) is 22.5. The van der Waals surface area contributed by atoms with E-state index in [0.29, 0.717) is 5.56 Å². The number of thioether (sulfide) groups is 1. The van der Waals surface area contributed by atoms with E-state index in [2.05, 4.69) is 35.9 Å². The van der Waals surface area contributed by atoms with Gasteiger partial charge >= 0.3 is 0 Å². The number of nitrogens with zero attached hydrogens (tertiary/aromatic N) is 2. The highest BCUT2D eigenvalue weighted by molar-refractivity contribution is 9.10. The molecule has 0 atom stereocenters. The van der Waals surface area contributed by atoms with Gasteiger partial charge in [0.05, 0.1) is 17.0 Å². The van der Waals surface area contributed by atoms with Gasteiger partial charge in [0.15, 0.2) is 0 Å². The summed E-state index contributed by atoms with van der Waals surface area (Å²) in [6, 6.07) is 10.7. The van der Waals surface area contributed by atoms with Crippen molar-refractivity contribution in [3.8, 4) is 0 Å². The fourth-order valence-electron chi connectivity index (χ4n) is 3.85. The van der Waals surface area contributed by atoms with Crippen molar-refractivity contribution < 1.29 is 14.0 Å². The molecule has 0 aromatic heterocycles. The van der Waals surface area contributed by atoms with Crippen molar-refractivity contribution in [2.45, 2.75) is 32.9 Å². The van der Waals surface area contributed by atoms with Crippen molar-refractivity contribution in [1.29, 1.82) is 0 Å². The summed E-state index contributed by atoms with van der Waals surface area (Å²) in [7, 11) is 1.94. The summed E-state index contributed by atoms with van der Waals surface area (Å²) >= 11 is 4.22. The number of benzene rings is 2. The smallest absolute Gasteiger partial charge is 0.293 e. The van der Waals surface area contributed by atoms with E-state index in [1.54, 1.807) is 6.07 Å². The fraction of sp³-hybridized carbons (Fsp3) is 0.250. The number of fused-ring (bicyclic) bond motifs is 1. The van der Waals surface area contributed by atoms with Crippen LogP contribution in [0.5, 0.6) is 0 Å². The molecule has 0 bridgehead atoms. The van der Waals surface area contributed by atoms with E-state index in [4.69, 9.17) is 0 Å². The van der Waals surface area contributed by atoms with Crippen LogP contribution in [0.15, 0.2) is 51.9 Å². The van der Waals surface area contributed by atoms with E-state index < -0.39 is 11.7 Å². The topological polar surface area (TPSA) is 40.6 Å². The molecule has 0 saturated carbocycles. The number of allylic oxidation sites excluding steroid dienone is 1. The number of hydrogen-bond acceptors (Lipinski definition) is 4. The van der Waals surface area contributed by atoms with Crippen LogP contribution in [0.4, 0.5) is 14.9 Å². The Balaban J connectivity index is 1.65. The summed E-state index contributed by atoms with van der Waals surface area (Å²) in [4.78, 5) is 28.8. The molecule has 0 unspecified atom stereocenters. The van der Waals surface area contributed by atoms with Gasteiger partial charge in [-0.15, -0.1) is 0 Å². The Bertz CT molecular complexity index is 1150. The van der Waals surface area contributed by atoms with Crippen LogP contribution in [0, 0.1) is 5.82 Å². The maximum Gasteiger partial charge on any atom is 0.293 e. The molecule has 4 nitrogen and oxygen atoms in total. The highest BCUT2D eigenvalue weighted by atomic mass is 79.9. The fourth-order valence-corrected chi connectivity index (χ4v) is 4.94. The standard InChI is InChI=1S/C24H22BrFN2O2S/c1-14-12-24(2,3)27(4)20-11-19(26)16(9-18(14)20)10-21-22(29)28(23(30)31-21)13-15-5-7-17(25)8-6-15/h5-12H,13H2,1-4H3/b21-10+. The van der Waals surface area contributed by atoms with E-state index in [1.165, 1.54) is 17.0 Å². The van der Waals surface area contributed by atoms with E-state index in [-0.39, 0.29) is 22.2 Å². The largest absolute Gasteiger partial charge is 0.365 e. The average molecular weight is 501 g/mol. The lowest BCUT2D eigenvalue weighted by Crippen LogP contribution is -2.42. The number of anilines is 1. The molecule has 2 aromatic rings. The lowest BCUT2D eigenvalue weighted by atomic mass is 9.88. The van der Waals surface area contributed by atoms with Crippen molar-refractivity contribution >= 4 is 56.2 Å². The number of amides is 2. The molecular weight excluding hydrogens is 479 g/mol. The Morgan fingerprint density at radius 3 is 2.52 bits per heavy atom. The number of likely N-dealkylation sites (N-methyl/N-ethyl adjacent to an activating group) is 1. The first-order valence-corrected chi connectivity index (χ1v) is 11.4. The molecule has 160 valence electrons. The molecular formula is C24H22BrFN2O2S. The third kappa shape index (κ3) is 4.08. The van der Waals surface area contributed by atoms with Gasteiger partial charge in [-0.3, -0.25) is 14.5 Å². The molecule has 2 aromatic carbocycles. The second-order valence-corrected chi connectivity index (χ2v) is 10.2. The number of hydrogen-bond donors (Lipinski definition) is 0. The zero-order valence-corrected chi connectivity index (χ0v) is 20.1. The Hall–Kier alpha value is -2.38. The van der Waals surface area contributed by atoms with Crippen molar-refractivity contribution in [2.24, 2.45) is 0 Å². The molecule has 0 radical (unpaired) electrons. The van der Waals surface area contributed by atoms with Gasteiger partial charge in [0.1, 0.15) is 5.82 Å². The Kier molecular flexibility index (Phi) is 5.60. The molecule has 2 amide bonds. The van der Waals surface area contributed by atoms with Gasteiger partial charge in [-0.05, 0) is 74.0 Å². The lowest BCUT2D eigenvalue weighted by Gasteiger charge is -2.40. The SMILES string of the molecule is CC1=CC(C)(C)N(C)c2cc(F)c(/C=C3/SC(=O)N(Cc4ccc(Br)cc4)C3=O)cc21.